The van der Waals surface area contributed by atoms with Crippen LogP contribution in [0, 0.1) is 12.3 Å². The van der Waals surface area contributed by atoms with Crippen molar-refractivity contribution in [2.75, 3.05) is 13.6 Å². The van der Waals surface area contributed by atoms with Crippen molar-refractivity contribution in [2.24, 2.45) is 11.1 Å². The normalized spacial score (nSPS) is 14.3. The maximum atomic E-state index is 5.89. The maximum Gasteiger partial charge on any atom is 0.0798 e. The fraction of sp³-hybridized carbons (Fsp3) is 0.769. The molecule has 1 heterocycles. The minimum absolute atomic E-state index is 0.320. The van der Waals surface area contributed by atoms with Crippen molar-refractivity contribution >= 4 is 11.3 Å². The van der Waals surface area contributed by atoms with Gasteiger partial charge in [-0.25, -0.2) is 4.98 Å². The Balaban J connectivity index is 2.61. The van der Waals surface area contributed by atoms with Crippen molar-refractivity contribution in [1.82, 2.24) is 9.88 Å². The molecule has 1 unspecified atom stereocenters. The van der Waals surface area contributed by atoms with Crippen molar-refractivity contribution in [3.63, 3.8) is 0 Å². The molecule has 0 radical (unpaired) electrons. The standard InChI is InChI=1S/C13H25N3S/c1-10-12(17-9-15-10)8-16(5)11(7-14)6-13(2,3)4/h9,11H,6-8,14H2,1-5H3. The number of thiazole rings is 1. The minimum Gasteiger partial charge on any atom is -0.329 e. The molecule has 1 aromatic heterocycles. The summed E-state index contributed by atoms with van der Waals surface area (Å²) in [5.74, 6) is 0. The smallest absolute Gasteiger partial charge is 0.0798 e. The molecule has 1 rings (SSSR count). The SMILES string of the molecule is Cc1ncsc1CN(C)C(CN)CC(C)(C)C. The number of aromatic nitrogens is 1. The molecule has 0 aliphatic heterocycles. The Morgan fingerprint density at radius 1 is 1.47 bits per heavy atom. The van der Waals surface area contributed by atoms with Crippen LogP contribution in [0.1, 0.15) is 37.8 Å². The van der Waals surface area contributed by atoms with E-state index in [-0.39, 0.29) is 0 Å². The van der Waals surface area contributed by atoms with Crippen molar-refractivity contribution in [3.05, 3.63) is 16.1 Å². The monoisotopic (exact) mass is 255 g/mol. The summed E-state index contributed by atoms with van der Waals surface area (Å²) >= 11 is 1.73. The van der Waals surface area contributed by atoms with Gasteiger partial charge in [-0.3, -0.25) is 4.90 Å². The summed E-state index contributed by atoms with van der Waals surface area (Å²) in [6.45, 7) is 10.5. The van der Waals surface area contributed by atoms with Gasteiger partial charge in [0.1, 0.15) is 0 Å². The maximum absolute atomic E-state index is 5.89. The molecule has 0 saturated heterocycles. The summed E-state index contributed by atoms with van der Waals surface area (Å²) in [5.41, 5.74) is 9.28. The lowest BCUT2D eigenvalue weighted by molar-refractivity contribution is 0.178. The molecule has 0 saturated carbocycles. The molecule has 0 fully saturated rings. The first kappa shape index (κ1) is 14.6. The number of nitrogens with two attached hydrogens (primary N) is 1. The van der Waals surface area contributed by atoms with E-state index in [2.05, 4.69) is 44.6 Å². The highest BCUT2D eigenvalue weighted by atomic mass is 32.1. The van der Waals surface area contributed by atoms with Crippen LogP contribution in [0.5, 0.6) is 0 Å². The average Bonchev–Trinajstić information content (AvgIpc) is 2.59. The predicted octanol–water partition coefficient (Wildman–Crippen LogP) is 2.65. The topological polar surface area (TPSA) is 42.2 Å². The van der Waals surface area contributed by atoms with E-state index in [1.54, 1.807) is 11.3 Å². The molecule has 4 heteroatoms. The van der Waals surface area contributed by atoms with Crippen LogP contribution in [-0.2, 0) is 6.54 Å². The fourth-order valence-electron chi connectivity index (χ4n) is 1.96. The van der Waals surface area contributed by atoms with E-state index in [4.69, 9.17) is 5.73 Å². The van der Waals surface area contributed by atoms with Crippen LogP contribution in [0.15, 0.2) is 5.51 Å². The summed E-state index contributed by atoms with van der Waals surface area (Å²) in [6, 6.07) is 0.441. The molecule has 0 aliphatic rings. The number of nitrogens with zero attached hydrogens (tertiary/aromatic N) is 2. The third-order valence-corrected chi connectivity index (χ3v) is 3.90. The highest BCUT2D eigenvalue weighted by Crippen LogP contribution is 2.24. The Labute approximate surface area is 109 Å². The first-order valence-electron chi connectivity index (χ1n) is 6.13. The minimum atomic E-state index is 0.320. The van der Waals surface area contributed by atoms with E-state index >= 15 is 0 Å². The molecule has 3 nitrogen and oxygen atoms in total. The van der Waals surface area contributed by atoms with Gasteiger partial charge < -0.3 is 5.73 Å². The molecule has 0 bridgehead atoms. The van der Waals surface area contributed by atoms with E-state index in [1.807, 2.05) is 5.51 Å². The molecule has 0 amide bonds. The molecule has 0 aromatic carbocycles. The first-order chi connectivity index (χ1) is 7.83. The third kappa shape index (κ3) is 4.74. The molecule has 17 heavy (non-hydrogen) atoms. The van der Waals surface area contributed by atoms with Crippen LogP contribution >= 0.6 is 11.3 Å². The van der Waals surface area contributed by atoms with Crippen molar-refractivity contribution in [1.29, 1.82) is 0 Å². The zero-order valence-electron chi connectivity index (χ0n) is 11.7. The Bertz CT molecular complexity index is 341. The summed E-state index contributed by atoms with van der Waals surface area (Å²) in [4.78, 5) is 7.99. The van der Waals surface area contributed by atoms with Gasteiger partial charge in [0.15, 0.2) is 0 Å². The molecule has 1 aromatic rings. The zero-order chi connectivity index (χ0) is 13.1. The van der Waals surface area contributed by atoms with Crippen LogP contribution < -0.4 is 5.73 Å². The Hall–Kier alpha value is -0.450. The zero-order valence-corrected chi connectivity index (χ0v) is 12.5. The fourth-order valence-corrected chi connectivity index (χ4v) is 2.80. The van der Waals surface area contributed by atoms with Crippen LogP contribution in [0.2, 0.25) is 0 Å². The number of hydrogen-bond acceptors (Lipinski definition) is 4. The van der Waals surface area contributed by atoms with Gasteiger partial charge in [-0.05, 0) is 25.8 Å². The molecular formula is C13H25N3S. The molecule has 2 N–H and O–H groups in total. The largest absolute Gasteiger partial charge is 0.329 e. The summed E-state index contributed by atoms with van der Waals surface area (Å²) in [6.07, 6.45) is 1.12. The van der Waals surface area contributed by atoms with Crippen LogP contribution in [0.3, 0.4) is 0 Å². The van der Waals surface area contributed by atoms with Gasteiger partial charge in [0.2, 0.25) is 0 Å². The third-order valence-electron chi connectivity index (χ3n) is 2.98. The van der Waals surface area contributed by atoms with E-state index < -0.39 is 0 Å². The first-order valence-corrected chi connectivity index (χ1v) is 7.00. The number of rotatable bonds is 5. The van der Waals surface area contributed by atoms with Crippen molar-refractivity contribution in [2.45, 2.75) is 46.7 Å². The van der Waals surface area contributed by atoms with Gasteiger partial charge in [0.05, 0.1) is 11.2 Å². The lowest BCUT2D eigenvalue weighted by Gasteiger charge is -2.32. The highest BCUT2D eigenvalue weighted by Gasteiger charge is 2.21. The molecule has 1 atom stereocenters. The molecular weight excluding hydrogens is 230 g/mol. The van der Waals surface area contributed by atoms with Crippen molar-refractivity contribution in [3.8, 4) is 0 Å². The summed E-state index contributed by atoms with van der Waals surface area (Å²) in [7, 11) is 2.16. The Morgan fingerprint density at radius 3 is 2.53 bits per heavy atom. The van der Waals surface area contributed by atoms with Gasteiger partial charge in [0.25, 0.3) is 0 Å². The van der Waals surface area contributed by atoms with Crippen LogP contribution in [0.25, 0.3) is 0 Å². The van der Waals surface area contributed by atoms with Gasteiger partial charge in [-0.1, -0.05) is 20.8 Å². The van der Waals surface area contributed by atoms with E-state index in [0.717, 1.165) is 18.7 Å². The van der Waals surface area contributed by atoms with E-state index in [9.17, 15) is 0 Å². The second-order valence-electron chi connectivity index (χ2n) is 5.93. The van der Waals surface area contributed by atoms with E-state index in [1.165, 1.54) is 4.88 Å². The van der Waals surface area contributed by atoms with Gasteiger partial charge in [-0.15, -0.1) is 11.3 Å². The van der Waals surface area contributed by atoms with Gasteiger partial charge >= 0.3 is 0 Å². The summed E-state index contributed by atoms with van der Waals surface area (Å²) in [5, 5.41) is 0. The predicted molar refractivity (Wildman–Crippen MR) is 75.2 cm³/mol. The van der Waals surface area contributed by atoms with Crippen LogP contribution in [-0.4, -0.2) is 29.5 Å². The van der Waals surface area contributed by atoms with Crippen molar-refractivity contribution < 1.29 is 0 Å². The summed E-state index contributed by atoms with van der Waals surface area (Å²) < 4.78 is 0. The Morgan fingerprint density at radius 2 is 2.12 bits per heavy atom. The molecule has 0 spiro atoms. The highest BCUT2D eigenvalue weighted by molar-refractivity contribution is 7.09. The number of likely N-dealkylation sites (N-methyl/N-ethyl adjacent to an activating group) is 1. The molecule has 0 aliphatic carbocycles. The average molecular weight is 255 g/mol. The van der Waals surface area contributed by atoms with Gasteiger partial charge in [-0.2, -0.15) is 0 Å². The van der Waals surface area contributed by atoms with Gasteiger partial charge in [0, 0.05) is 24.0 Å². The lowest BCUT2D eigenvalue weighted by Crippen LogP contribution is -2.40. The number of hydrogen-bond donors (Lipinski definition) is 1. The van der Waals surface area contributed by atoms with E-state index in [0.29, 0.717) is 18.0 Å². The second-order valence-corrected chi connectivity index (χ2v) is 6.87. The second kappa shape index (κ2) is 5.94. The quantitative estimate of drug-likeness (QED) is 0.879. The lowest BCUT2D eigenvalue weighted by atomic mass is 9.87. The number of aryl methyl sites for hydroxylation is 1. The molecule has 98 valence electrons. The Kier molecular flexibility index (Phi) is 5.10. The van der Waals surface area contributed by atoms with Crippen LogP contribution in [0.4, 0.5) is 0 Å².